The predicted molar refractivity (Wildman–Crippen MR) is 57.3 cm³/mol. The molecule has 1 atom stereocenters. The van der Waals surface area contributed by atoms with E-state index in [4.69, 9.17) is 4.74 Å². The number of halogens is 1. The normalized spacial score (nSPS) is 22.9. The molecule has 1 aliphatic heterocycles. The van der Waals surface area contributed by atoms with Crippen LogP contribution >= 0.6 is 22.6 Å². The average Bonchev–Trinajstić information content (AvgIpc) is 2.56. The molecule has 0 amide bonds. The molecule has 1 aliphatic rings. The van der Waals surface area contributed by atoms with Crippen LogP contribution in [0.1, 0.15) is 17.9 Å². The van der Waals surface area contributed by atoms with Crippen molar-refractivity contribution in [2.24, 2.45) is 0 Å². The number of hydrogen-bond donors (Lipinski definition) is 0. The summed E-state index contributed by atoms with van der Waals surface area (Å²) in [6, 6.07) is 8.69. The highest BCUT2D eigenvalue weighted by Gasteiger charge is 2.17. The van der Waals surface area contributed by atoms with Crippen LogP contribution in [-0.2, 0) is 4.74 Å². The molecule has 0 aromatic heterocycles. The zero-order chi connectivity index (χ0) is 8.39. The molecule has 1 fully saturated rings. The summed E-state index contributed by atoms with van der Waals surface area (Å²) in [5, 5.41) is 0. The van der Waals surface area contributed by atoms with Crippen molar-refractivity contribution in [3.63, 3.8) is 0 Å². The molecule has 1 heterocycles. The molecule has 0 bridgehead atoms. The van der Waals surface area contributed by atoms with Gasteiger partial charge in [0.05, 0.1) is 6.61 Å². The number of hydrogen-bond acceptors (Lipinski definition) is 1. The van der Waals surface area contributed by atoms with Gasteiger partial charge >= 0.3 is 0 Å². The van der Waals surface area contributed by atoms with Crippen molar-refractivity contribution in [1.82, 2.24) is 0 Å². The Bertz CT molecular complexity index is 266. The largest absolute Gasteiger partial charge is 0.381 e. The molecule has 1 aromatic carbocycles. The lowest BCUT2D eigenvalue weighted by atomic mass is 9.99. The molecule has 2 rings (SSSR count). The van der Waals surface area contributed by atoms with Gasteiger partial charge in [-0.15, -0.1) is 0 Å². The van der Waals surface area contributed by atoms with Crippen molar-refractivity contribution >= 4 is 22.6 Å². The average molecular weight is 274 g/mol. The van der Waals surface area contributed by atoms with Gasteiger partial charge in [0.2, 0.25) is 0 Å². The van der Waals surface area contributed by atoms with Crippen LogP contribution in [0.3, 0.4) is 0 Å². The fourth-order valence-electron chi connectivity index (χ4n) is 1.56. The van der Waals surface area contributed by atoms with Gasteiger partial charge in [0.1, 0.15) is 0 Å². The van der Waals surface area contributed by atoms with Crippen LogP contribution in [0.5, 0.6) is 0 Å². The highest BCUT2D eigenvalue weighted by molar-refractivity contribution is 14.1. The van der Waals surface area contributed by atoms with E-state index in [1.165, 1.54) is 15.6 Å². The topological polar surface area (TPSA) is 9.23 Å². The second kappa shape index (κ2) is 3.75. The summed E-state index contributed by atoms with van der Waals surface area (Å²) in [7, 11) is 0. The second-order valence-corrected chi connectivity index (χ2v) is 4.36. The summed E-state index contributed by atoms with van der Waals surface area (Å²) < 4.78 is 6.67. The Morgan fingerprint density at radius 2 is 2.33 bits per heavy atom. The lowest BCUT2D eigenvalue weighted by Crippen LogP contribution is -1.97. The van der Waals surface area contributed by atoms with Crippen molar-refractivity contribution in [2.75, 3.05) is 13.2 Å². The van der Waals surface area contributed by atoms with Gasteiger partial charge in [-0.1, -0.05) is 12.1 Å². The second-order valence-electron chi connectivity index (χ2n) is 3.12. The summed E-state index contributed by atoms with van der Waals surface area (Å²) in [6.07, 6.45) is 1.18. The summed E-state index contributed by atoms with van der Waals surface area (Å²) in [5.41, 5.74) is 1.43. The Kier molecular flexibility index (Phi) is 2.66. The van der Waals surface area contributed by atoms with Crippen LogP contribution in [-0.4, -0.2) is 13.2 Å². The third kappa shape index (κ3) is 1.80. The Hall–Kier alpha value is -0.0900. The molecule has 0 aliphatic carbocycles. The van der Waals surface area contributed by atoms with Crippen LogP contribution in [0, 0.1) is 3.57 Å². The standard InChI is InChI=1S/C10H11IO/c11-10-3-1-2-8(6-10)9-4-5-12-7-9/h1-3,6,9H,4-5,7H2. The van der Waals surface area contributed by atoms with Crippen molar-refractivity contribution in [3.05, 3.63) is 33.4 Å². The monoisotopic (exact) mass is 274 g/mol. The van der Waals surface area contributed by atoms with E-state index in [0.29, 0.717) is 5.92 Å². The van der Waals surface area contributed by atoms with Crippen molar-refractivity contribution in [3.8, 4) is 0 Å². The molecule has 1 saturated heterocycles. The van der Waals surface area contributed by atoms with Crippen LogP contribution in [0.25, 0.3) is 0 Å². The maximum absolute atomic E-state index is 5.35. The van der Waals surface area contributed by atoms with Gasteiger partial charge in [0.15, 0.2) is 0 Å². The van der Waals surface area contributed by atoms with Crippen molar-refractivity contribution < 1.29 is 4.74 Å². The molecule has 12 heavy (non-hydrogen) atoms. The van der Waals surface area contributed by atoms with E-state index in [9.17, 15) is 0 Å². The molecule has 1 aromatic rings. The van der Waals surface area contributed by atoms with E-state index in [2.05, 4.69) is 46.9 Å². The molecule has 0 saturated carbocycles. The zero-order valence-electron chi connectivity index (χ0n) is 6.79. The smallest absolute Gasteiger partial charge is 0.0535 e. The van der Waals surface area contributed by atoms with E-state index in [-0.39, 0.29) is 0 Å². The maximum atomic E-state index is 5.35. The Morgan fingerprint density at radius 3 is 3.00 bits per heavy atom. The highest BCUT2D eigenvalue weighted by atomic mass is 127. The molecule has 0 spiro atoms. The first kappa shape index (κ1) is 8.51. The molecular weight excluding hydrogens is 263 g/mol. The minimum atomic E-state index is 0.639. The fourth-order valence-corrected chi connectivity index (χ4v) is 2.13. The van der Waals surface area contributed by atoms with E-state index >= 15 is 0 Å². The molecule has 0 radical (unpaired) electrons. The SMILES string of the molecule is Ic1cccc(C2CCOC2)c1. The van der Waals surface area contributed by atoms with Gasteiger partial charge in [-0.05, 0) is 46.7 Å². The number of benzene rings is 1. The number of ether oxygens (including phenoxy) is 1. The zero-order valence-corrected chi connectivity index (χ0v) is 8.95. The quantitative estimate of drug-likeness (QED) is 0.715. The molecule has 2 heteroatoms. The summed E-state index contributed by atoms with van der Waals surface area (Å²) in [6.45, 7) is 1.83. The third-order valence-corrected chi connectivity index (χ3v) is 2.92. The van der Waals surface area contributed by atoms with Crippen LogP contribution in [0.4, 0.5) is 0 Å². The van der Waals surface area contributed by atoms with Gasteiger partial charge in [0, 0.05) is 16.1 Å². The highest BCUT2D eigenvalue weighted by Crippen LogP contribution is 2.25. The van der Waals surface area contributed by atoms with Gasteiger partial charge in [-0.25, -0.2) is 0 Å². The lowest BCUT2D eigenvalue weighted by molar-refractivity contribution is 0.194. The minimum absolute atomic E-state index is 0.639. The van der Waals surface area contributed by atoms with Gasteiger partial charge in [0.25, 0.3) is 0 Å². The Labute approximate surface area is 86.3 Å². The van der Waals surface area contributed by atoms with Crippen LogP contribution in [0.15, 0.2) is 24.3 Å². The van der Waals surface area contributed by atoms with Crippen LogP contribution in [0.2, 0.25) is 0 Å². The molecule has 64 valence electrons. The molecule has 1 unspecified atom stereocenters. The van der Waals surface area contributed by atoms with Crippen molar-refractivity contribution in [2.45, 2.75) is 12.3 Å². The van der Waals surface area contributed by atoms with E-state index < -0.39 is 0 Å². The minimum Gasteiger partial charge on any atom is -0.381 e. The first-order valence-corrected chi connectivity index (χ1v) is 5.27. The fraction of sp³-hybridized carbons (Fsp3) is 0.400. The lowest BCUT2D eigenvalue weighted by Gasteiger charge is -2.07. The Balaban J connectivity index is 2.21. The summed E-state index contributed by atoms with van der Waals surface area (Å²) in [4.78, 5) is 0. The molecular formula is C10H11IO. The molecule has 1 nitrogen and oxygen atoms in total. The summed E-state index contributed by atoms with van der Waals surface area (Å²) in [5.74, 6) is 0.639. The van der Waals surface area contributed by atoms with Crippen LogP contribution < -0.4 is 0 Å². The van der Waals surface area contributed by atoms with E-state index in [0.717, 1.165) is 13.2 Å². The van der Waals surface area contributed by atoms with Gasteiger partial charge < -0.3 is 4.74 Å². The first-order chi connectivity index (χ1) is 5.86. The Morgan fingerprint density at radius 1 is 1.42 bits per heavy atom. The van der Waals surface area contributed by atoms with Crippen molar-refractivity contribution in [1.29, 1.82) is 0 Å². The van der Waals surface area contributed by atoms with E-state index in [1.54, 1.807) is 0 Å². The summed E-state index contributed by atoms with van der Waals surface area (Å²) >= 11 is 2.35. The van der Waals surface area contributed by atoms with Gasteiger partial charge in [-0.3, -0.25) is 0 Å². The number of rotatable bonds is 1. The van der Waals surface area contributed by atoms with E-state index in [1.807, 2.05) is 0 Å². The molecule has 0 N–H and O–H groups in total. The third-order valence-electron chi connectivity index (χ3n) is 2.25. The van der Waals surface area contributed by atoms with Gasteiger partial charge in [-0.2, -0.15) is 0 Å². The first-order valence-electron chi connectivity index (χ1n) is 4.19. The predicted octanol–water partition coefficient (Wildman–Crippen LogP) is 2.80. The maximum Gasteiger partial charge on any atom is 0.0535 e.